The maximum absolute atomic E-state index is 11.2. The van der Waals surface area contributed by atoms with E-state index in [-0.39, 0.29) is 12.3 Å². The molecule has 78 valence electrons. The van der Waals surface area contributed by atoms with Gasteiger partial charge < -0.3 is 10.1 Å². The number of carbonyl (C=O) groups is 2. The summed E-state index contributed by atoms with van der Waals surface area (Å²) in [5.41, 5.74) is 0.611. The number of hydrogen-bond acceptors (Lipinski definition) is 3. The van der Waals surface area contributed by atoms with Gasteiger partial charge in [-0.3, -0.25) is 4.79 Å². The lowest BCUT2D eigenvalue weighted by molar-refractivity contribution is -0.144. The predicted molar refractivity (Wildman–Crippen MR) is 53.6 cm³/mol. The number of esters is 1. The standard InChI is InChI=1S/C10H15NO3/c1-5-7(2)6-9(12)11-8(3)10(13)14-4/h5,8H,1-2,6H2,3-4H3,(H,11,12). The Hall–Kier alpha value is -1.58. The second-order valence-corrected chi connectivity index (χ2v) is 2.85. The Morgan fingerprint density at radius 3 is 2.57 bits per heavy atom. The largest absolute Gasteiger partial charge is 0.467 e. The van der Waals surface area contributed by atoms with E-state index in [2.05, 4.69) is 23.2 Å². The van der Waals surface area contributed by atoms with Gasteiger partial charge in [0.25, 0.3) is 0 Å². The molecule has 1 N–H and O–H groups in total. The van der Waals surface area contributed by atoms with Gasteiger partial charge in [-0.15, -0.1) is 0 Å². The molecule has 4 nitrogen and oxygen atoms in total. The molecule has 0 aromatic heterocycles. The van der Waals surface area contributed by atoms with Gasteiger partial charge in [-0.05, 0) is 12.5 Å². The molecule has 0 saturated carbocycles. The van der Waals surface area contributed by atoms with Gasteiger partial charge in [0, 0.05) is 0 Å². The Kier molecular flexibility index (Phi) is 5.29. The number of carbonyl (C=O) groups excluding carboxylic acids is 2. The summed E-state index contributed by atoms with van der Waals surface area (Å²) in [5, 5.41) is 2.47. The molecule has 1 atom stereocenters. The Labute approximate surface area is 83.6 Å². The fraction of sp³-hybridized carbons (Fsp3) is 0.400. The van der Waals surface area contributed by atoms with Crippen molar-refractivity contribution in [3.05, 3.63) is 24.8 Å². The topological polar surface area (TPSA) is 55.4 Å². The van der Waals surface area contributed by atoms with Crippen molar-refractivity contribution in [2.24, 2.45) is 0 Å². The second-order valence-electron chi connectivity index (χ2n) is 2.85. The number of ether oxygens (including phenoxy) is 1. The summed E-state index contributed by atoms with van der Waals surface area (Å²) >= 11 is 0. The van der Waals surface area contributed by atoms with Crippen LogP contribution in [-0.4, -0.2) is 25.0 Å². The van der Waals surface area contributed by atoms with E-state index in [1.165, 1.54) is 13.2 Å². The van der Waals surface area contributed by atoms with Crippen LogP contribution in [0.15, 0.2) is 24.8 Å². The number of methoxy groups -OCH3 is 1. The third kappa shape index (κ3) is 4.45. The number of nitrogens with one attached hydrogen (secondary N) is 1. The Morgan fingerprint density at radius 2 is 2.14 bits per heavy atom. The van der Waals surface area contributed by atoms with Crippen molar-refractivity contribution >= 4 is 11.9 Å². The van der Waals surface area contributed by atoms with E-state index in [0.29, 0.717) is 5.57 Å². The van der Waals surface area contributed by atoms with Gasteiger partial charge in [-0.25, -0.2) is 4.79 Å². The maximum Gasteiger partial charge on any atom is 0.328 e. The molecule has 4 heteroatoms. The lowest BCUT2D eigenvalue weighted by Gasteiger charge is -2.11. The van der Waals surface area contributed by atoms with Crippen molar-refractivity contribution in [1.29, 1.82) is 0 Å². The smallest absolute Gasteiger partial charge is 0.328 e. The molecule has 0 radical (unpaired) electrons. The summed E-state index contributed by atoms with van der Waals surface area (Å²) in [6.45, 7) is 8.62. The van der Waals surface area contributed by atoms with Gasteiger partial charge >= 0.3 is 5.97 Å². The predicted octanol–water partition coefficient (Wildman–Crippen LogP) is 0.796. The molecule has 14 heavy (non-hydrogen) atoms. The summed E-state index contributed by atoms with van der Waals surface area (Å²) in [6.07, 6.45) is 1.65. The highest BCUT2D eigenvalue weighted by Gasteiger charge is 2.15. The van der Waals surface area contributed by atoms with Crippen LogP contribution in [0, 0.1) is 0 Å². The van der Waals surface area contributed by atoms with E-state index in [1.807, 2.05) is 0 Å². The van der Waals surface area contributed by atoms with Crippen molar-refractivity contribution in [2.75, 3.05) is 7.11 Å². The molecule has 0 saturated heterocycles. The molecule has 1 amide bonds. The molecule has 0 spiro atoms. The Morgan fingerprint density at radius 1 is 1.57 bits per heavy atom. The highest BCUT2D eigenvalue weighted by Crippen LogP contribution is 1.98. The number of hydrogen-bond donors (Lipinski definition) is 1. The van der Waals surface area contributed by atoms with E-state index in [4.69, 9.17) is 0 Å². The van der Waals surface area contributed by atoms with E-state index in [1.54, 1.807) is 6.92 Å². The van der Waals surface area contributed by atoms with Crippen LogP contribution < -0.4 is 5.32 Å². The van der Waals surface area contributed by atoms with Gasteiger partial charge in [0.05, 0.1) is 13.5 Å². The SMILES string of the molecule is C=CC(=C)CC(=O)NC(C)C(=O)OC. The molecule has 0 bridgehead atoms. The van der Waals surface area contributed by atoms with Crippen molar-refractivity contribution in [2.45, 2.75) is 19.4 Å². The van der Waals surface area contributed by atoms with Gasteiger partial charge in [0.2, 0.25) is 5.91 Å². The molecule has 0 rings (SSSR count). The minimum atomic E-state index is -0.634. The number of amides is 1. The van der Waals surface area contributed by atoms with E-state index >= 15 is 0 Å². The maximum atomic E-state index is 11.2. The molecule has 0 fully saturated rings. The fourth-order valence-electron chi connectivity index (χ4n) is 0.807. The highest BCUT2D eigenvalue weighted by molar-refractivity contribution is 5.85. The van der Waals surface area contributed by atoms with Crippen molar-refractivity contribution < 1.29 is 14.3 Å². The lowest BCUT2D eigenvalue weighted by Crippen LogP contribution is -2.39. The number of allylic oxidation sites excluding steroid dienone is 1. The summed E-state index contributed by atoms with van der Waals surface area (Å²) < 4.78 is 4.45. The second kappa shape index (κ2) is 5.96. The Balaban J connectivity index is 4.00. The van der Waals surface area contributed by atoms with Crippen LogP contribution in [-0.2, 0) is 14.3 Å². The van der Waals surface area contributed by atoms with Gasteiger partial charge in [-0.2, -0.15) is 0 Å². The van der Waals surface area contributed by atoms with E-state index in [0.717, 1.165) is 0 Å². The van der Waals surface area contributed by atoms with Crippen LogP contribution in [0.3, 0.4) is 0 Å². The highest BCUT2D eigenvalue weighted by atomic mass is 16.5. The normalized spacial score (nSPS) is 11.3. The molecule has 0 aromatic carbocycles. The van der Waals surface area contributed by atoms with Crippen molar-refractivity contribution in [3.63, 3.8) is 0 Å². The average molecular weight is 197 g/mol. The quantitative estimate of drug-likeness (QED) is 0.524. The first-order valence-electron chi connectivity index (χ1n) is 4.18. The first-order chi connectivity index (χ1) is 6.51. The molecule has 0 aliphatic rings. The van der Waals surface area contributed by atoms with Gasteiger partial charge in [-0.1, -0.05) is 19.2 Å². The fourth-order valence-corrected chi connectivity index (χ4v) is 0.807. The van der Waals surface area contributed by atoms with Crippen LogP contribution >= 0.6 is 0 Å². The molecular weight excluding hydrogens is 182 g/mol. The summed E-state index contributed by atoms with van der Waals surface area (Å²) in [7, 11) is 1.27. The molecule has 0 heterocycles. The van der Waals surface area contributed by atoms with Crippen LogP contribution in [0.1, 0.15) is 13.3 Å². The number of rotatable bonds is 5. The lowest BCUT2D eigenvalue weighted by atomic mass is 10.2. The minimum absolute atomic E-state index is 0.144. The zero-order valence-corrected chi connectivity index (χ0v) is 8.50. The van der Waals surface area contributed by atoms with Gasteiger partial charge in [0.15, 0.2) is 0 Å². The van der Waals surface area contributed by atoms with Crippen molar-refractivity contribution in [3.8, 4) is 0 Å². The van der Waals surface area contributed by atoms with Gasteiger partial charge in [0.1, 0.15) is 6.04 Å². The summed E-state index contributed by atoms with van der Waals surface area (Å²) in [5.74, 6) is -0.740. The average Bonchev–Trinajstić information content (AvgIpc) is 2.15. The monoisotopic (exact) mass is 197 g/mol. The van der Waals surface area contributed by atoms with E-state index in [9.17, 15) is 9.59 Å². The molecule has 0 aliphatic heterocycles. The Bertz CT molecular complexity index is 258. The molecule has 1 unspecified atom stereocenters. The van der Waals surface area contributed by atoms with Crippen LogP contribution in [0.25, 0.3) is 0 Å². The zero-order valence-electron chi connectivity index (χ0n) is 8.50. The van der Waals surface area contributed by atoms with Crippen LogP contribution in [0.2, 0.25) is 0 Å². The summed E-state index contributed by atoms with van der Waals surface area (Å²) in [6, 6.07) is -0.634. The van der Waals surface area contributed by atoms with Crippen molar-refractivity contribution in [1.82, 2.24) is 5.32 Å². The summed E-state index contributed by atoms with van der Waals surface area (Å²) in [4.78, 5) is 22.1. The molecular formula is C10H15NO3. The third-order valence-electron chi connectivity index (χ3n) is 1.61. The van der Waals surface area contributed by atoms with E-state index < -0.39 is 12.0 Å². The first kappa shape index (κ1) is 12.4. The minimum Gasteiger partial charge on any atom is -0.467 e. The molecule has 0 aromatic rings. The van der Waals surface area contributed by atoms with Crippen LogP contribution in [0.4, 0.5) is 0 Å². The zero-order chi connectivity index (χ0) is 11.1. The molecule has 0 aliphatic carbocycles. The van der Waals surface area contributed by atoms with Crippen LogP contribution in [0.5, 0.6) is 0 Å². The first-order valence-corrected chi connectivity index (χ1v) is 4.18. The third-order valence-corrected chi connectivity index (χ3v) is 1.61.